The highest BCUT2D eigenvalue weighted by molar-refractivity contribution is 5.82. The first-order valence-electron chi connectivity index (χ1n) is 6.88. The molecule has 0 aromatic heterocycles. The van der Waals surface area contributed by atoms with Crippen LogP contribution in [0.25, 0.3) is 0 Å². The van der Waals surface area contributed by atoms with Gasteiger partial charge in [0.15, 0.2) is 0 Å². The van der Waals surface area contributed by atoms with Crippen molar-refractivity contribution in [2.45, 2.75) is 25.2 Å². The summed E-state index contributed by atoms with van der Waals surface area (Å²) in [6, 6.07) is 10.1. The molecule has 0 spiro atoms. The first kappa shape index (κ1) is 14.6. The second-order valence-corrected chi connectivity index (χ2v) is 5.18. The average Bonchev–Trinajstić information content (AvgIpc) is 2.53. The Kier molecular flexibility index (Phi) is 4.77. The van der Waals surface area contributed by atoms with Gasteiger partial charge in [-0.25, -0.2) is 0 Å². The van der Waals surface area contributed by atoms with Crippen LogP contribution in [0.4, 0.5) is 0 Å². The van der Waals surface area contributed by atoms with Gasteiger partial charge in [0.25, 0.3) is 0 Å². The maximum Gasteiger partial charge on any atom is 0.309 e. The fourth-order valence-electron chi connectivity index (χ4n) is 3.04. The third-order valence-corrected chi connectivity index (χ3v) is 4.13. The van der Waals surface area contributed by atoms with E-state index in [4.69, 9.17) is 9.47 Å². The van der Waals surface area contributed by atoms with E-state index in [0.717, 1.165) is 6.42 Å². The van der Waals surface area contributed by atoms with Crippen molar-refractivity contribution in [2.75, 3.05) is 14.2 Å². The van der Waals surface area contributed by atoms with E-state index < -0.39 is 5.92 Å². The molecule has 2 rings (SSSR count). The zero-order chi connectivity index (χ0) is 14.5. The minimum absolute atomic E-state index is 0.293. The molecule has 1 aliphatic rings. The summed E-state index contributed by atoms with van der Waals surface area (Å²) in [4.78, 5) is 23.8. The highest BCUT2D eigenvalue weighted by Gasteiger charge is 2.40. The van der Waals surface area contributed by atoms with E-state index in [1.54, 1.807) is 0 Å². The highest BCUT2D eigenvalue weighted by Crippen LogP contribution is 2.40. The van der Waals surface area contributed by atoms with Crippen molar-refractivity contribution in [3.63, 3.8) is 0 Å². The van der Waals surface area contributed by atoms with Crippen LogP contribution < -0.4 is 0 Å². The van der Waals surface area contributed by atoms with Crippen molar-refractivity contribution in [2.24, 2.45) is 11.8 Å². The van der Waals surface area contributed by atoms with Gasteiger partial charge in [-0.3, -0.25) is 9.59 Å². The Morgan fingerprint density at radius 1 is 0.950 bits per heavy atom. The molecule has 3 atom stereocenters. The van der Waals surface area contributed by atoms with Gasteiger partial charge in [0, 0.05) is 0 Å². The number of methoxy groups -OCH3 is 2. The van der Waals surface area contributed by atoms with E-state index in [1.807, 2.05) is 18.2 Å². The number of ether oxygens (including phenoxy) is 2. The molecule has 1 aromatic rings. The molecule has 0 radical (unpaired) electrons. The number of esters is 2. The molecule has 4 heteroatoms. The minimum Gasteiger partial charge on any atom is -0.469 e. The summed E-state index contributed by atoms with van der Waals surface area (Å²) in [7, 11) is 2.72. The minimum atomic E-state index is -0.411. The number of carbonyl (C=O) groups excluding carboxylic acids is 2. The third kappa shape index (κ3) is 3.00. The predicted molar refractivity (Wildman–Crippen MR) is 74.0 cm³/mol. The van der Waals surface area contributed by atoms with E-state index in [-0.39, 0.29) is 17.9 Å². The van der Waals surface area contributed by atoms with E-state index in [2.05, 4.69) is 12.1 Å². The highest BCUT2D eigenvalue weighted by atomic mass is 16.5. The van der Waals surface area contributed by atoms with Crippen molar-refractivity contribution in [1.82, 2.24) is 0 Å². The summed E-state index contributed by atoms with van der Waals surface area (Å²) < 4.78 is 9.66. The van der Waals surface area contributed by atoms with Crippen LogP contribution in [0.3, 0.4) is 0 Å². The van der Waals surface area contributed by atoms with Gasteiger partial charge < -0.3 is 9.47 Å². The lowest BCUT2D eigenvalue weighted by Gasteiger charge is -2.33. The molecule has 0 bridgehead atoms. The average molecular weight is 276 g/mol. The molecule has 4 nitrogen and oxygen atoms in total. The van der Waals surface area contributed by atoms with Crippen molar-refractivity contribution < 1.29 is 19.1 Å². The Morgan fingerprint density at radius 3 is 2.15 bits per heavy atom. The molecule has 1 fully saturated rings. The summed E-state index contributed by atoms with van der Waals surface area (Å²) in [5, 5.41) is 0. The Bertz CT molecular complexity index is 469. The summed E-state index contributed by atoms with van der Waals surface area (Å²) in [5.41, 5.74) is 1.21. The van der Waals surface area contributed by atoms with E-state index >= 15 is 0 Å². The Balaban J connectivity index is 2.17. The van der Waals surface area contributed by atoms with E-state index in [9.17, 15) is 9.59 Å². The molecular weight excluding hydrogens is 256 g/mol. The van der Waals surface area contributed by atoms with Gasteiger partial charge >= 0.3 is 11.9 Å². The van der Waals surface area contributed by atoms with Gasteiger partial charge in [-0.1, -0.05) is 30.3 Å². The van der Waals surface area contributed by atoms with E-state index in [1.165, 1.54) is 19.8 Å². The van der Waals surface area contributed by atoms with Crippen LogP contribution in [0, 0.1) is 11.8 Å². The van der Waals surface area contributed by atoms with Gasteiger partial charge in [0.05, 0.1) is 26.1 Å². The largest absolute Gasteiger partial charge is 0.469 e. The summed E-state index contributed by atoms with van der Waals surface area (Å²) in [6.07, 6.45) is 2.18. The lowest BCUT2D eigenvalue weighted by molar-refractivity contribution is -0.159. The van der Waals surface area contributed by atoms with Crippen LogP contribution >= 0.6 is 0 Å². The second kappa shape index (κ2) is 6.55. The lowest BCUT2D eigenvalue weighted by atomic mass is 9.72. The number of hydrogen-bond donors (Lipinski definition) is 0. The molecule has 0 amide bonds. The topological polar surface area (TPSA) is 52.6 Å². The third-order valence-electron chi connectivity index (χ3n) is 4.13. The van der Waals surface area contributed by atoms with Gasteiger partial charge in [0.1, 0.15) is 0 Å². The fourth-order valence-corrected chi connectivity index (χ4v) is 3.04. The normalized spacial score (nSPS) is 25.8. The van der Waals surface area contributed by atoms with E-state index in [0.29, 0.717) is 18.8 Å². The Hall–Kier alpha value is -1.84. The number of hydrogen-bond acceptors (Lipinski definition) is 4. The standard InChI is InChI=1S/C16H20O4/c1-19-15(17)13-9-8-12(10-14(13)16(18)20-2)11-6-4-3-5-7-11/h3-7,12-14H,8-10H2,1-2H3/t12-,13+,14+/m1/s1. The molecule has 0 N–H and O–H groups in total. The number of carbonyl (C=O) groups is 2. The SMILES string of the molecule is COC(=O)[C@H]1CC[C@@H](c2ccccc2)C[C@@H]1C(=O)OC. The van der Waals surface area contributed by atoms with Crippen molar-refractivity contribution in [3.8, 4) is 0 Å². The molecule has 20 heavy (non-hydrogen) atoms. The monoisotopic (exact) mass is 276 g/mol. The summed E-state index contributed by atoms with van der Waals surface area (Å²) in [5.74, 6) is -1.13. The maximum atomic E-state index is 11.9. The van der Waals surface area contributed by atoms with Gasteiger partial charge in [-0.15, -0.1) is 0 Å². The molecule has 1 aromatic carbocycles. The molecular formula is C16H20O4. The molecule has 1 aliphatic carbocycles. The second-order valence-electron chi connectivity index (χ2n) is 5.18. The quantitative estimate of drug-likeness (QED) is 0.796. The molecule has 0 heterocycles. The van der Waals surface area contributed by atoms with Crippen LogP contribution in [0.2, 0.25) is 0 Å². The van der Waals surface area contributed by atoms with Crippen molar-refractivity contribution in [1.29, 1.82) is 0 Å². The van der Waals surface area contributed by atoms with Gasteiger partial charge in [-0.05, 0) is 30.7 Å². The Morgan fingerprint density at radius 2 is 1.55 bits per heavy atom. The smallest absolute Gasteiger partial charge is 0.309 e. The van der Waals surface area contributed by atoms with Crippen LogP contribution in [0.5, 0.6) is 0 Å². The van der Waals surface area contributed by atoms with Crippen LogP contribution in [-0.4, -0.2) is 26.2 Å². The Labute approximate surface area is 119 Å². The van der Waals surface area contributed by atoms with Crippen molar-refractivity contribution in [3.05, 3.63) is 35.9 Å². The first-order chi connectivity index (χ1) is 9.67. The lowest BCUT2D eigenvalue weighted by Crippen LogP contribution is -2.36. The van der Waals surface area contributed by atoms with Gasteiger partial charge in [0.2, 0.25) is 0 Å². The predicted octanol–water partition coefficient (Wildman–Crippen LogP) is 2.53. The fraction of sp³-hybridized carbons (Fsp3) is 0.500. The molecule has 0 saturated heterocycles. The zero-order valence-corrected chi connectivity index (χ0v) is 11.9. The van der Waals surface area contributed by atoms with Crippen molar-refractivity contribution >= 4 is 11.9 Å². The molecule has 0 unspecified atom stereocenters. The number of benzene rings is 1. The molecule has 1 saturated carbocycles. The van der Waals surface area contributed by atoms with Crippen LogP contribution in [0.15, 0.2) is 30.3 Å². The molecule has 108 valence electrons. The van der Waals surface area contributed by atoms with Gasteiger partial charge in [-0.2, -0.15) is 0 Å². The maximum absolute atomic E-state index is 11.9. The summed E-state index contributed by atoms with van der Waals surface area (Å²) in [6.45, 7) is 0. The molecule has 0 aliphatic heterocycles. The van der Waals surface area contributed by atoms with Crippen LogP contribution in [0.1, 0.15) is 30.7 Å². The van der Waals surface area contributed by atoms with Crippen LogP contribution in [-0.2, 0) is 19.1 Å². The first-order valence-corrected chi connectivity index (χ1v) is 6.88. The zero-order valence-electron chi connectivity index (χ0n) is 11.9. The summed E-state index contributed by atoms with van der Waals surface area (Å²) >= 11 is 0. The number of rotatable bonds is 3.